The largest absolute Gasteiger partial charge is 0.507 e. The molecule has 164 valence electrons. The number of ketones is 1. The van der Waals surface area contributed by atoms with Crippen molar-refractivity contribution in [2.45, 2.75) is 46.1 Å². The van der Waals surface area contributed by atoms with E-state index < -0.39 is 23.5 Å². The van der Waals surface area contributed by atoms with Crippen molar-refractivity contribution < 1.29 is 23.8 Å². The third-order valence-corrected chi connectivity index (χ3v) is 5.64. The van der Waals surface area contributed by atoms with Crippen LogP contribution in [0.15, 0.2) is 42.0 Å². The Bertz CT molecular complexity index is 1040. The van der Waals surface area contributed by atoms with Crippen LogP contribution in [-0.2, 0) is 9.59 Å². The SMILES string of the molecule is CCCN1C(=O)C(=O)/C(=C(/O)c2cc(C(C)C)c(OC)cc2C)C1c1ccc(F)cc1. The first-order valence-corrected chi connectivity index (χ1v) is 10.4. The molecule has 1 atom stereocenters. The van der Waals surface area contributed by atoms with Crippen LogP contribution in [0.5, 0.6) is 5.75 Å². The molecule has 3 rings (SSSR count). The van der Waals surface area contributed by atoms with Crippen molar-refractivity contribution >= 4 is 17.4 Å². The Labute approximate surface area is 182 Å². The molecule has 0 saturated carbocycles. The number of halogens is 1. The number of aliphatic hydroxyl groups is 1. The van der Waals surface area contributed by atoms with Crippen LogP contribution < -0.4 is 4.74 Å². The third-order valence-electron chi connectivity index (χ3n) is 5.64. The molecule has 0 aliphatic carbocycles. The van der Waals surface area contributed by atoms with Gasteiger partial charge in [0, 0.05) is 12.1 Å². The van der Waals surface area contributed by atoms with Gasteiger partial charge >= 0.3 is 0 Å². The number of aliphatic hydroxyl groups excluding tert-OH is 1. The van der Waals surface area contributed by atoms with Gasteiger partial charge in [0.15, 0.2) is 0 Å². The van der Waals surface area contributed by atoms with E-state index in [1.54, 1.807) is 19.2 Å². The van der Waals surface area contributed by atoms with E-state index in [4.69, 9.17) is 4.74 Å². The average molecular weight is 426 g/mol. The number of rotatable bonds is 6. The van der Waals surface area contributed by atoms with E-state index in [2.05, 4.69) is 0 Å². The molecule has 1 fully saturated rings. The number of hydrogen-bond acceptors (Lipinski definition) is 4. The standard InChI is InChI=1S/C25H28FNO4/c1-6-11-27-22(16-7-9-17(26)10-8-16)21(24(29)25(27)30)23(28)19-13-18(14(2)3)20(31-5)12-15(19)4/h7-10,12-14,22,28H,6,11H2,1-5H3/b23-21+. The first kappa shape index (κ1) is 22.5. The zero-order valence-electron chi connectivity index (χ0n) is 18.5. The molecule has 1 heterocycles. The lowest BCUT2D eigenvalue weighted by atomic mass is 9.91. The Kier molecular flexibility index (Phi) is 6.48. The summed E-state index contributed by atoms with van der Waals surface area (Å²) in [5.41, 5.74) is 2.68. The van der Waals surface area contributed by atoms with Crippen LogP contribution in [-0.4, -0.2) is 35.4 Å². The molecule has 1 saturated heterocycles. The number of aryl methyl sites for hydroxylation is 1. The minimum absolute atomic E-state index is 0.0213. The Morgan fingerprint density at radius 1 is 1.19 bits per heavy atom. The highest BCUT2D eigenvalue weighted by Gasteiger charge is 2.45. The van der Waals surface area contributed by atoms with Gasteiger partial charge in [0.2, 0.25) is 0 Å². The van der Waals surface area contributed by atoms with Gasteiger partial charge in [-0.3, -0.25) is 9.59 Å². The number of Topliss-reactive ketones (excluding diaryl/α,β-unsaturated/α-hetero) is 1. The maximum Gasteiger partial charge on any atom is 0.295 e. The van der Waals surface area contributed by atoms with Crippen LogP contribution >= 0.6 is 0 Å². The average Bonchev–Trinajstić information content (AvgIpc) is 2.98. The number of carbonyl (C=O) groups excluding carboxylic acids is 2. The highest BCUT2D eigenvalue weighted by Crippen LogP contribution is 2.41. The summed E-state index contributed by atoms with van der Waals surface area (Å²) >= 11 is 0. The van der Waals surface area contributed by atoms with Gasteiger partial charge in [-0.05, 0) is 60.2 Å². The molecule has 0 aromatic heterocycles. The second-order valence-electron chi connectivity index (χ2n) is 8.11. The van der Waals surface area contributed by atoms with Crippen LogP contribution in [0, 0.1) is 12.7 Å². The topological polar surface area (TPSA) is 66.8 Å². The summed E-state index contributed by atoms with van der Waals surface area (Å²) in [6.07, 6.45) is 0.643. The Morgan fingerprint density at radius 3 is 2.39 bits per heavy atom. The van der Waals surface area contributed by atoms with Crippen LogP contribution in [0.2, 0.25) is 0 Å². The molecular weight excluding hydrogens is 397 g/mol. The van der Waals surface area contributed by atoms with E-state index >= 15 is 0 Å². The molecule has 2 aromatic rings. The second kappa shape index (κ2) is 8.92. The minimum atomic E-state index is -0.774. The lowest BCUT2D eigenvalue weighted by Crippen LogP contribution is -2.30. The summed E-state index contributed by atoms with van der Waals surface area (Å²) in [6.45, 7) is 8.09. The van der Waals surface area contributed by atoms with Crippen LogP contribution in [0.3, 0.4) is 0 Å². The Hall–Kier alpha value is -3.15. The van der Waals surface area contributed by atoms with Crippen molar-refractivity contribution in [3.8, 4) is 5.75 Å². The quantitative estimate of drug-likeness (QED) is 0.397. The fraction of sp³-hybridized carbons (Fsp3) is 0.360. The van der Waals surface area contributed by atoms with E-state index in [1.165, 1.54) is 17.0 Å². The van der Waals surface area contributed by atoms with Crippen molar-refractivity contribution in [3.05, 3.63) is 70.0 Å². The van der Waals surface area contributed by atoms with Crippen molar-refractivity contribution in [1.29, 1.82) is 0 Å². The van der Waals surface area contributed by atoms with Crippen molar-refractivity contribution in [3.63, 3.8) is 0 Å². The maximum absolute atomic E-state index is 13.5. The predicted molar refractivity (Wildman–Crippen MR) is 118 cm³/mol. The van der Waals surface area contributed by atoms with Gasteiger partial charge in [0.05, 0.1) is 18.7 Å². The predicted octanol–water partition coefficient (Wildman–Crippen LogP) is 5.10. The smallest absolute Gasteiger partial charge is 0.295 e. The molecule has 1 amide bonds. The molecule has 5 nitrogen and oxygen atoms in total. The Balaban J connectivity index is 2.25. The zero-order valence-corrected chi connectivity index (χ0v) is 18.5. The van der Waals surface area contributed by atoms with E-state index in [1.807, 2.05) is 39.8 Å². The van der Waals surface area contributed by atoms with Gasteiger partial charge in [-0.15, -0.1) is 0 Å². The molecule has 31 heavy (non-hydrogen) atoms. The lowest BCUT2D eigenvalue weighted by molar-refractivity contribution is -0.139. The number of amides is 1. The highest BCUT2D eigenvalue weighted by molar-refractivity contribution is 6.46. The summed E-state index contributed by atoms with van der Waals surface area (Å²) in [6, 6.07) is 8.52. The Morgan fingerprint density at radius 2 is 1.84 bits per heavy atom. The molecule has 1 unspecified atom stereocenters. The van der Waals surface area contributed by atoms with Gasteiger partial charge in [-0.1, -0.05) is 32.9 Å². The van der Waals surface area contributed by atoms with Gasteiger partial charge in [0.25, 0.3) is 11.7 Å². The van der Waals surface area contributed by atoms with E-state index in [0.717, 1.165) is 11.1 Å². The summed E-state index contributed by atoms with van der Waals surface area (Å²) < 4.78 is 19.0. The van der Waals surface area contributed by atoms with E-state index in [0.29, 0.717) is 29.8 Å². The van der Waals surface area contributed by atoms with Crippen LogP contribution in [0.25, 0.3) is 5.76 Å². The number of hydrogen-bond donors (Lipinski definition) is 1. The summed E-state index contributed by atoms with van der Waals surface area (Å²) in [5, 5.41) is 11.3. The molecule has 1 aliphatic rings. The van der Waals surface area contributed by atoms with Gasteiger partial charge < -0.3 is 14.7 Å². The van der Waals surface area contributed by atoms with Crippen molar-refractivity contribution in [2.24, 2.45) is 0 Å². The first-order chi connectivity index (χ1) is 14.7. The molecule has 0 spiro atoms. The normalized spacial score (nSPS) is 18.2. The molecule has 1 aliphatic heterocycles. The van der Waals surface area contributed by atoms with E-state index in [-0.39, 0.29) is 17.3 Å². The molecule has 2 aromatic carbocycles. The molecular formula is C25H28FNO4. The van der Waals surface area contributed by atoms with Crippen molar-refractivity contribution in [1.82, 2.24) is 4.90 Å². The fourth-order valence-electron chi connectivity index (χ4n) is 4.07. The first-order valence-electron chi connectivity index (χ1n) is 10.4. The number of benzene rings is 2. The number of carbonyl (C=O) groups is 2. The van der Waals surface area contributed by atoms with Crippen LogP contribution in [0.1, 0.15) is 61.4 Å². The van der Waals surface area contributed by atoms with Crippen molar-refractivity contribution in [2.75, 3.05) is 13.7 Å². The molecule has 0 radical (unpaired) electrons. The highest BCUT2D eigenvalue weighted by atomic mass is 19.1. The monoisotopic (exact) mass is 425 g/mol. The van der Waals surface area contributed by atoms with Crippen LogP contribution in [0.4, 0.5) is 4.39 Å². The zero-order chi connectivity index (χ0) is 22.9. The number of nitrogens with zero attached hydrogens (tertiary/aromatic N) is 1. The summed E-state index contributed by atoms with van der Waals surface area (Å²) in [5.74, 6) is -1.21. The third kappa shape index (κ3) is 4.07. The number of methoxy groups -OCH3 is 1. The summed E-state index contributed by atoms with van der Waals surface area (Å²) in [7, 11) is 1.59. The molecule has 6 heteroatoms. The lowest BCUT2D eigenvalue weighted by Gasteiger charge is -2.25. The van der Waals surface area contributed by atoms with Gasteiger partial charge in [-0.2, -0.15) is 0 Å². The second-order valence-corrected chi connectivity index (χ2v) is 8.11. The van der Waals surface area contributed by atoms with Gasteiger partial charge in [-0.25, -0.2) is 4.39 Å². The van der Waals surface area contributed by atoms with E-state index in [9.17, 15) is 19.1 Å². The maximum atomic E-state index is 13.5. The van der Waals surface area contributed by atoms with Gasteiger partial charge in [0.1, 0.15) is 17.3 Å². The molecule has 1 N–H and O–H groups in total. The number of likely N-dealkylation sites (tertiary alicyclic amines) is 1. The minimum Gasteiger partial charge on any atom is -0.507 e. The fourth-order valence-corrected chi connectivity index (χ4v) is 4.07. The molecule has 0 bridgehead atoms. The summed E-state index contributed by atoms with van der Waals surface area (Å²) in [4.78, 5) is 27.2. The number of ether oxygens (including phenoxy) is 1.